The summed E-state index contributed by atoms with van der Waals surface area (Å²) in [5, 5.41) is 11.9. The summed E-state index contributed by atoms with van der Waals surface area (Å²) in [6, 6.07) is 3.90. The van der Waals surface area contributed by atoms with Crippen LogP contribution in [0.5, 0.6) is 0 Å². The van der Waals surface area contributed by atoms with Crippen molar-refractivity contribution in [2.75, 3.05) is 11.4 Å². The lowest BCUT2D eigenvalue weighted by molar-refractivity contribution is 0.317. The summed E-state index contributed by atoms with van der Waals surface area (Å²) >= 11 is 0. The van der Waals surface area contributed by atoms with E-state index in [9.17, 15) is 0 Å². The second-order valence-corrected chi connectivity index (χ2v) is 2.83. The highest BCUT2D eigenvalue weighted by atomic mass is 16.4. The van der Waals surface area contributed by atoms with Crippen molar-refractivity contribution in [3.05, 3.63) is 18.3 Å². The third kappa shape index (κ3) is 1.05. The monoisotopic (exact) mass is 165 g/mol. The molecule has 0 saturated carbocycles. The van der Waals surface area contributed by atoms with Crippen LogP contribution in [0, 0.1) is 0 Å². The van der Waals surface area contributed by atoms with Gasteiger partial charge in [0, 0.05) is 19.2 Å². The molecule has 4 nitrogen and oxygen atoms in total. The van der Waals surface area contributed by atoms with Crippen LogP contribution in [0.25, 0.3) is 0 Å². The Morgan fingerprint density at radius 2 is 2.50 bits per heavy atom. The molecule has 0 unspecified atom stereocenters. The minimum absolute atomic E-state index is 0.748. The van der Waals surface area contributed by atoms with Crippen molar-refractivity contribution < 1.29 is 5.21 Å². The lowest BCUT2D eigenvalue weighted by atomic mass is 10.4. The first-order chi connectivity index (χ1) is 5.92. The van der Waals surface area contributed by atoms with Crippen LogP contribution in [0.3, 0.4) is 0 Å². The maximum absolute atomic E-state index is 8.67. The number of nitrogens with zero attached hydrogens (tertiary/aromatic N) is 2. The molecule has 2 N–H and O–H groups in total. The fraction of sp³-hybridized carbons (Fsp3) is 0.375. The largest absolute Gasteiger partial charge is 0.409 e. The Bertz CT molecular complexity index is 279. The number of amidine groups is 1. The SMILES string of the molecule is ON=C1CCCN1c1ccc[nH]1. The highest BCUT2D eigenvalue weighted by Crippen LogP contribution is 2.19. The zero-order valence-corrected chi connectivity index (χ0v) is 6.70. The Morgan fingerprint density at radius 1 is 1.58 bits per heavy atom. The average Bonchev–Trinajstić information content (AvgIpc) is 2.74. The highest BCUT2D eigenvalue weighted by molar-refractivity contribution is 5.98. The van der Waals surface area contributed by atoms with Crippen molar-refractivity contribution in [2.45, 2.75) is 12.8 Å². The minimum Gasteiger partial charge on any atom is -0.409 e. The Labute approximate surface area is 70.5 Å². The van der Waals surface area contributed by atoms with E-state index in [-0.39, 0.29) is 0 Å². The molecule has 1 aliphatic rings. The molecule has 1 aromatic rings. The van der Waals surface area contributed by atoms with Crippen LogP contribution >= 0.6 is 0 Å². The summed E-state index contributed by atoms with van der Waals surface area (Å²) in [5.41, 5.74) is 0. The lowest BCUT2D eigenvalue weighted by Gasteiger charge is -2.14. The van der Waals surface area contributed by atoms with Crippen LogP contribution in [-0.2, 0) is 0 Å². The fourth-order valence-electron chi connectivity index (χ4n) is 1.51. The van der Waals surface area contributed by atoms with E-state index >= 15 is 0 Å². The van der Waals surface area contributed by atoms with Crippen LogP contribution in [0.4, 0.5) is 5.82 Å². The molecule has 12 heavy (non-hydrogen) atoms. The molecule has 0 aromatic carbocycles. The van der Waals surface area contributed by atoms with Gasteiger partial charge in [-0.3, -0.25) is 0 Å². The molecule has 2 rings (SSSR count). The van der Waals surface area contributed by atoms with Gasteiger partial charge in [0.2, 0.25) is 0 Å². The number of anilines is 1. The number of hydrogen-bond acceptors (Lipinski definition) is 2. The average molecular weight is 165 g/mol. The molecular weight excluding hydrogens is 154 g/mol. The van der Waals surface area contributed by atoms with Crippen LogP contribution in [0.2, 0.25) is 0 Å². The third-order valence-corrected chi connectivity index (χ3v) is 2.08. The quantitative estimate of drug-likeness (QED) is 0.488. The third-order valence-electron chi connectivity index (χ3n) is 2.08. The Morgan fingerprint density at radius 3 is 3.17 bits per heavy atom. The maximum atomic E-state index is 8.67. The Hall–Kier alpha value is -1.45. The van der Waals surface area contributed by atoms with Gasteiger partial charge in [-0.25, -0.2) is 0 Å². The number of oxime groups is 1. The molecule has 0 amide bonds. The number of hydrogen-bond donors (Lipinski definition) is 2. The molecule has 0 atom stereocenters. The zero-order valence-electron chi connectivity index (χ0n) is 6.70. The number of aromatic amines is 1. The van der Waals surface area contributed by atoms with Gasteiger partial charge in [-0.2, -0.15) is 0 Å². The van der Waals surface area contributed by atoms with Gasteiger partial charge in [0.05, 0.1) is 0 Å². The van der Waals surface area contributed by atoms with Crippen molar-refractivity contribution in [3.63, 3.8) is 0 Å². The predicted molar refractivity (Wildman–Crippen MR) is 46.6 cm³/mol. The van der Waals surface area contributed by atoms with Gasteiger partial charge in [0.1, 0.15) is 11.7 Å². The molecule has 0 spiro atoms. The van der Waals surface area contributed by atoms with E-state index in [1.807, 2.05) is 23.2 Å². The first kappa shape index (κ1) is 7.21. The molecule has 1 saturated heterocycles. The van der Waals surface area contributed by atoms with Gasteiger partial charge in [-0.1, -0.05) is 5.16 Å². The topological polar surface area (TPSA) is 51.6 Å². The van der Waals surface area contributed by atoms with Gasteiger partial charge >= 0.3 is 0 Å². The van der Waals surface area contributed by atoms with Crippen molar-refractivity contribution in [1.82, 2.24) is 4.98 Å². The van der Waals surface area contributed by atoms with E-state index in [4.69, 9.17) is 5.21 Å². The molecule has 1 fully saturated rings. The van der Waals surface area contributed by atoms with Gasteiger partial charge in [0.15, 0.2) is 0 Å². The molecule has 64 valence electrons. The summed E-state index contributed by atoms with van der Waals surface area (Å²) in [6.07, 6.45) is 3.77. The van der Waals surface area contributed by atoms with Crippen LogP contribution in [0.15, 0.2) is 23.5 Å². The standard InChI is InChI=1S/C8H11N3O/c12-10-8-4-2-6-11(8)7-3-1-5-9-7/h1,3,5,9,12H,2,4,6H2. The predicted octanol–water partition coefficient (Wildman–Crippen LogP) is 1.40. The summed E-state index contributed by atoms with van der Waals surface area (Å²) < 4.78 is 0. The number of rotatable bonds is 1. The Kier molecular flexibility index (Phi) is 1.74. The van der Waals surface area contributed by atoms with Gasteiger partial charge in [-0.05, 0) is 18.6 Å². The zero-order chi connectivity index (χ0) is 8.39. The lowest BCUT2D eigenvalue weighted by Crippen LogP contribution is -2.24. The van der Waals surface area contributed by atoms with E-state index in [0.717, 1.165) is 31.0 Å². The molecule has 2 heterocycles. The molecule has 1 aromatic heterocycles. The van der Waals surface area contributed by atoms with E-state index in [2.05, 4.69) is 10.1 Å². The van der Waals surface area contributed by atoms with Gasteiger partial charge in [-0.15, -0.1) is 0 Å². The van der Waals surface area contributed by atoms with Crippen LogP contribution in [-0.4, -0.2) is 22.6 Å². The van der Waals surface area contributed by atoms with Crippen molar-refractivity contribution in [2.24, 2.45) is 5.16 Å². The summed E-state index contributed by atoms with van der Waals surface area (Å²) in [5.74, 6) is 1.75. The second-order valence-electron chi connectivity index (χ2n) is 2.83. The van der Waals surface area contributed by atoms with Crippen molar-refractivity contribution in [3.8, 4) is 0 Å². The van der Waals surface area contributed by atoms with Gasteiger partial charge < -0.3 is 15.1 Å². The summed E-state index contributed by atoms with van der Waals surface area (Å²) in [7, 11) is 0. The minimum atomic E-state index is 0.748. The smallest absolute Gasteiger partial charge is 0.149 e. The molecule has 0 aliphatic carbocycles. The second kappa shape index (κ2) is 2.89. The number of nitrogens with one attached hydrogen (secondary N) is 1. The number of H-pyrrole nitrogens is 1. The van der Waals surface area contributed by atoms with E-state index in [1.54, 1.807) is 0 Å². The van der Waals surface area contributed by atoms with Crippen molar-refractivity contribution in [1.29, 1.82) is 0 Å². The molecule has 0 bridgehead atoms. The Balaban J connectivity index is 2.24. The van der Waals surface area contributed by atoms with Gasteiger partial charge in [0.25, 0.3) is 0 Å². The normalized spacial score (nSPS) is 20.7. The van der Waals surface area contributed by atoms with Crippen LogP contribution in [0.1, 0.15) is 12.8 Å². The molecular formula is C8H11N3O. The highest BCUT2D eigenvalue weighted by Gasteiger charge is 2.20. The van der Waals surface area contributed by atoms with E-state index in [0.29, 0.717) is 0 Å². The molecule has 1 aliphatic heterocycles. The first-order valence-electron chi connectivity index (χ1n) is 4.03. The molecule has 0 radical (unpaired) electrons. The van der Waals surface area contributed by atoms with Crippen molar-refractivity contribution >= 4 is 11.7 Å². The summed E-state index contributed by atoms with van der Waals surface area (Å²) in [6.45, 7) is 0.930. The molecule has 4 heteroatoms. The van der Waals surface area contributed by atoms with E-state index < -0.39 is 0 Å². The van der Waals surface area contributed by atoms with Crippen LogP contribution < -0.4 is 4.90 Å². The first-order valence-corrected chi connectivity index (χ1v) is 4.03. The number of aromatic nitrogens is 1. The summed E-state index contributed by atoms with van der Waals surface area (Å²) in [4.78, 5) is 5.06. The van der Waals surface area contributed by atoms with E-state index in [1.165, 1.54) is 0 Å². The maximum Gasteiger partial charge on any atom is 0.149 e. The fourth-order valence-corrected chi connectivity index (χ4v) is 1.51.